The average molecular weight is 266 g/mol. The second kappa shape index (κ2) is 6.02. The van der Waals surface area contributed by atoms with E-state index in [1.54, 1.807) is 17.5 Å². The van der Waals surface area contributed by atoms with Crippen LogP contribution >= 0.6 is 11.3 Å². The van der Waals surface area contributed by atoms with Crippen LogP contribution in [0.25, 0.3) is 0 Å². The number of nitrogens with two attached hydrogens (primary N) is 1. The molecule has 0 radical (unpaired) electrons. The van der Waals surface area contributed by atoms with Crippen LogP contribution in [-0.2, 0) is 4.79 Å². The maximum Gasteiger partial charge on any atom is 0.389 e. The second-order valence-corrected chi connectivity index (χ2v) is 4.48. The summed E-state index contributed by atoms with van der Waals surface area (Å²) < 4.78 is 35.5. The van der Waals surface area contributed by atoms with Crippen LogP contribution in [0.3, 0.4) is 0 Å². The minimum atomic E-state index is -4.18. The zero-order valence-corrected chi connectivity index (χ0v) is 9.77. The summed E-state index contributed by atoms with van der Waals surface area (Å²) in [6.07, 6.45) is -5.21. The molecular weight excluding hydrogens is 253 g/mol. The molecule has 1 amide bonds. The summed E-state index contributed by atoms with van der Waals surface area (Å²) in [4.78, 5) is 12.1. The van der Waals surface area contributed by atoms with Crippen molar-refractivity contribution >= 4 is 17.2 Å². The number of nitrogens with one attached hydrogen (secondary N) is 1. The molecule has 3 nitrogen and oxygen atoms in total. The Balaban J connectivity index is 2.26. The number of hydrogen-bond acceptors (Lipinski definition) is 3. The Bertz CT molecular complexity index is 351. The van der Waals surface area contributed by atoms with E-state index in [1.165, 1.54) is 11.3 Å². The number of thiophene rings is 1. The third-order valence-electron chi connectivity index (χ3n) is 2.07. The molecule has 1 heterocycles. The molecule has 1 rings (SSSR count). The Morgan fingerprint density at radius 3 is 2.76 bits per heavy atom. The molecular formula is C10H13F3N2OS. The van der Waals surface area contributed by atoms with Crippen molar-refractivity contribution in [2.45, 2.75) is 25.1 Å². The topological polar surface area (TPSA) is 55.1 Å². The monoisotopic (exact) mass is 266 g/mol. The van der Waals surface area contributed by atoms with Gasteiger partial charge < -0.3 is 11.1 Å². The molecule has 96 valence electrons. The standard InChI is InChI=1S/C10H13F3N2OS/c11-10(12,13)4-2-5-15-9(16)8(14)7-3-1-6-17-7/h1,3,6,8H,2,4-5,14H2,(H,15,16). The van der Waals surface area contributed by atoms with Gasteiger partial charge in [0.05, 0.1) is 0 Å². The fourth-order valence-corrected chi connectivity index (χ4v) is 1.93. The second-order valence-electron chi connectivity index (χ2n) is 3.50. The fraction of sp³-hybridized carbons (Fsp3) is 0.500. The van der Waals surface area contributed by atoms with E-state index in [0.717, 1.165) is 0 Å². The number of carbonyl (C=O) groups is 1. The summed E-state index contributed by atoms with van der Waals surface area (Å²) >= 11 is 1.34. The van der Waals surface area contributed by atoms with Crippen molar-refractivity contribution in [3.8, 4) is 0 Å². The van der Waals surface area contributed by atoms with Crippen LogP contribution in [0, 0.1) is 0 Å². The van der Waals surface area contributed by atoms with Gasteiger partial charge in [0.25, 0.3) is 0 Å². The Labute approximate surface area is 101 Å². The number of rotatable bonds is 5. The van der Waals surface area contributed by atoms with Crippen LogP contribution in [0.4, 0.5) is 13.2 Å². The first-order valence-corrected chi connectivity index (χ1v) is 5.91. The molecule has 0 fully saturated rings. The van der Waals surface area contributed by atoms with Gasteiger partial charge >= 0.3 is 6.18 Å². The predicted octanol–water partition coefficient (Wildman–Crippen LogP) is 2.21. The van der Waals surface area contributed by atoms with Crippen LogP contribution in [0.1, 0.15) is 23.8 Å². The molecule has 17 heavy (non-hydrogen) atoms. The van der Waals surface area contributed by atoms with Gasteiger partial charge in [-0.25, -0.2) is 0 Å². The molecule has 0 saturated carbocycles. The van der Waals surface area contributed by atoms with E-state index < -0.39 is 24.5 Å². The lowest BCUT2D eigenvalue weighted by Crippen LogP contribution is -2.34. The Kier molecular flexibility index (Phi) is 4.95. The molecule has 7 heteroatoms. The highest BCUT2D eigenvalue weighted by Gasteiger charge is 2.26. The highest BCUT2D eigenvalue weighted by atomic mass is 32.1. The highest BCUT2D eigenvalue weighted by Crippen LogP contribution is 2.21. The van der Waals surface area contributed by atoms with Gasteiger partial charge in [0.15, 0.2) is 0 Å². The van der Waals surface area contributed by atoms with Gasteiger partial charge in [0.1, 0.15) is 6.04 Å². The van der Waals surface area contributed by atoms with Crippen molar-refractivity contribution in [1.29, 1.82) is 0 Å². The zero-order chi connectivity index (χ0) is 12.9. The first-order chi connectivity index (χ1) is 7.90. The number of hydrogen-bond donors (Lipinski definition) is 2. The van der Waals surface area contributed by atoms with Gasteiger partial charge in [-0.3, -0.25) is 4.79 Å². The van der Waals surface area contributed by atoms with E-state index in [4.69, 9.17) is 5.73 Å². The minimum Gasteiger partial charge on any atom is -0.354 e. The Morgan fingerprint density at radius 1 is 1.53 bits per heavy atom. The summed E-state index contributed by atoms with van der Waals surface area (Å²) in [6, 6.07) is 2.67. The predicted molar refractivity (Wildman–Crippen MR) is 59.5 cm³/mol. The molecule has 0 aromatic carbocycles. The van der Waals surface area contributed by atoms with Crippen LogP contribution in [-0.4, -0.2) is 18.6 Å². The van der Waals surface area contributed by atoms with Gasteiger partial charge in [-0.05, 0) is 17.9 Å². The molecule has 3 N–H and O–H groups in total. The number of alkyl halides is 3. The SMILES string of the molecule is NC(C(=O)NCCCC(F)(F)F)c1cccs1. The van der Waals surface area contributed by atoms with Crippen molar-refractivity contribution in [3.05, 3.63) is 22.4 Å². The molecule has 0 aliphatic rings. The smallest absolute Gasteiger partial charge is 0.354 e. The van der Waals surface area contributed by atoms with Gasteiger partial charge in [-0.2, -0.15) is 13.2 Å². The van der Waals surface area contributed by atoms with E-state index in [9.17, 15) is 18.0 Å². The largest absolute Gasteiger partial charge is 0.389 e. The van der Waals surface area contributed by atoms with Crippen LogP contribution in [0.15, 0.2) is 17.5 Å². The maximum atomic E-state index is 11.8. The number of carbonyl (C=O) groups excluding carboxylic acids is 1. The first kappa shape index (κ1) is 14.0. The van der Waals surface area contributed by atoms with Crippen molar-refractivity contribution in [2.24, 2.45) is 5.73 Å². The van der Waals surface area contributed by atoms with Crippen molar-refractivity contribution < 1.29 is 18.0 Å². The number of halogens is 3. The van der Waals surface area contributed by atoms with Gasteiger partial charge in [-0.1, -0.05) is 6.07 Å². The molecule has 0 aliphatic heterocycles. The van der Waals surface area contributed by atoms with Crippen molar-refractivity contribution in [2.75, 3.05) is 6.54 Å². The Hall–Kier alpha value is -1.08. The highest BCUT2D eigenvalue weighted by molar-refractivity contribution is 7.10. The van der Waals surface area contributed by atoms with E-state index in [-0.39, 0.29) is 13.0 Å². The summed E-state index contributed by atoms with van der Waals surface area (Å²) in [7, 11) is 0. The average Bonchev–Trinajstić information content (AvgIpc) is 2.74. The van der Waals surface area contributed by atoms with Crippen molar-refractivity contribution in [3.63, 3.8) is 0 Å². The van der Waals surface area contributed by atoms with Crippen LogP contribution in [0.5, 0.6) is 0 Å². The van der Waals surface area contributed by atoms with E-state index in [1.807, 2.05) is 0 Å². The molecule has 1 aromatic rings. The molecule has 1 atom stereocenters. The summed E-state index contributed by atoms with van der Waals surface area (Å²) in [5.74, 6) is -0.449. The van der Waals surface area contributed by atoms with E-state index >= 15 is 0 Å². The van der Waals surface area contributed by atoms with E-state index in [2.05, 4.69) is 5.32 Å². The van der Waals surface area contributed by atoms with Gasteiger partial charge in [0.2, 0.25) is 5.91 Å². The quantitative estimate of drug-likeness (QED) is 0.803. The number of amides is 1. The molecule has 1 unspecified atom stereocenters. The molecule has 0 bridgehead atoms. The zero-order valence-electron chi connectivity index (χ0n) is 8.96. The normalized spacial score (nSPS) is 13.4. The molecule has 1 aromatic heterocycles. The van der Waals surface area contributed by atoms with Gasteiger partial charge in [-0.15, -0.1) is 11.3 Å². The minimum absolute atomic E-state index is 0.0164. The van der Waals surface area contributed by atoms with Crippen molar-refractivity contribution in [1.82, 2.24) is 5.32 Å². The lowest BCUT2D eigenvalue weighted by molar-refractivity contribution is -0.136. The molecule has 0 spiro atoms. The summed E-state index contributed by atoms with van der Waals surface area (Å²) in [6.45, 7) is -0.0164. The summed E-state index contributed by atoms with van der Waals surface area (Å²) in [5.41, 5.74) is 5.63. The Morgan fingerprint density at radius 2 is 2.24 bits per heavy atom. The fourth-order valence-electron chi connectivity index (χ4n) is 1.21. The third-order valence-corrected chi connectivity index (χ3v) is 3.02. The maximum absolute atomic E-state index is 11.8. The molecule has 0 aliphatic carbocycles. The lowest BCUT2D eigenvalue weighted by Gasteiger charge is -2.11. The van der Waals surface area contributed by atoms with Crippen LogP contribution < -0.4 is 11.1 Å². The third kappa shape index (κ3) is 5.18. The lowest BCUT2D eigenvalue weighted by atomic mass is 10.2. The van der Waals surface area contributed by atoms with Crippen LogP contribution in [0.2, 0.25) is 0 Å². The van der Waals surface area contributed by atoms with E-state index in [0.29, 0.717) is 4.88 Å². The first-order valence-electron chi connectivity index (χ1n) is 5.03. The summed E-state index contributed by atoms with van der Waals surface area (Å²) in [5, 5.41) is 4.17. The molecule has 0 saturated heterocycles. The van der Waals surface area contributed by atoms with Gasteiger partial charge in [0, 0.05) is 17.8 Å².